The monoisotopic (exact) mass is 506 g/mol. The molecule has 0 saturated carbocycles. The van der Waals surface area contributed by atoms with Crippen molar-refractivity contribution in [1.82, 2.24) is 9.21 Å². The molecular formula is C25H31ClN2O5S. The zero-order valence-corrected chi connectivity index (χ0v) is 21.0. The van der Waals surface area contributed by atoms with Crippen LogP contribution >= 0.6 is 11.6 Å². The average molecular weight is 507 g/mol. The first kappa shape index (κ1) is 25.0. The van der Waals surface area contributed by atoms with Crippen LogP contribution in [0.25, 0.3) is 0 Å². The molecule has 2 aromatic carbocycles. The molecule has 34 heavy (non-hydrogen) atoms. The van der Waals surface area contributed by atoms with Gasteiger partial charge in [-0.3, -0.25) is 4.79 Å². The fourth-order valence-electron chi connectivity index (χ4n) is 4.49. The Morgan fingerprint density at radius 2 is 1.85 bits per heavy atom. The molecular weight excluding hydrogens is 476 g/mol. The highest BCUT2D eigenvalue weighted by atomic mass is 35.5. The summed E-state index contributed by atoms with van der Waals surface area (Å²) in [6.45, 7) is 3.75. The Bertz CT molecular complexity index is 1120. The number of carbonyl (C=O) groups is 1. The highest BCUT2D eigenvalue weighted by Gasteiger charge is 2.44. The highest BCUT2D eigenvalue weighted by Crippen LogP contribution is 2.30. The van der Waals surface area contributed by atoms with Crippen molar-refractivity contribution in [3.8, 4) is 5.75 Å². The van der Waals surface area contributed by atoms with E-state index in [9.17, 15) is 13.2 Å². The predicted molar refractivity (Wildman–Crippen MR) is 131 cm³/mol. The van der Waals surface area contributed by atoms with Crippen LogP contribution in [0.4, 0.5) is 0 Å². The maximum Gasteiger partial charge on any atom is 0.243 e. The molecule has 0 unspecified atom stereocenters. The third kappa shape index (κ3) is 5.92. The molecule has 184 valence electrons. The number of benzene rings is 2. The number of amides is 1. The smallest absolute Gasteiger partial charge is 0.243 e. The van der Waals surface area contributed by atoms with Gasteiger partial charge in [-0.2, -0.15) is 4.31 Å². The number of halogens is 1. The molecule has 1 amide bonds. The summed E-state index contributed by atoms with van der Waals surface area (Å²) in [6.07, 6.45) is 3.12. The van der Waals surface area contributed by atoms with Gasteiger partial charge in [0.15, 0.2) is 0 Å². The lowest BCUT2D eigenvalue weighted by atomic mass is 9.97. The van der Waals surface area contributed by atoms with Crippen LogP contribution in [0.5, 0.6) is 5.75 Å². The molecule has 2 aromatic rings. The average Bonchev–Trinajstić information content (AvgIpc) is 2.83. The Balaban J connectivity index is 1.58. The number of sulfonamides is 1. The Kier molecular flexibility index (Phi) is 7.82. The Morgan fingerprint density at radius 3 is 2.59 bits per heavy atom. The van der Waals surface area contributed by atoms with Crippen molar-refractivity contribution in [3.63, 3.8) is 0 Å². The van der Waals surface area contributed by atoms with Crippen molar-refractivity contribution >= 4 is 27.5 Å². The molecule has 2 heterocycles. The van der Waals surface area contributed by atoms with Crippen LogP contribution < -0.4 is 4.74 Å². The normalized spacial score (nSPS) is 21.9. The van der Waals surface area contributed by atoms with E-state index in [0.717, 1.165) is 37.9 Å². The largest absolute Gasteiger partial charge is 0.490 e. The maximum absolute atomic E-state index is 13.5. The van der Waals surface area contributed by atoms with Gasteiger partial charge in [-0.25, -0.2) is 8.42 Å². The van der Waals surface area contributed by atoms with Crippen molar-refractivity contribution in [2.75, 3.05) is 39.4 Å². The molecule has 0 spiro atoms. The van der Waals surface area contributed by atoms with Crippen molar-refractivity contribution in [2.45, 2.75) is 43.1 Å². The Morgan fingerprint density at radius 1 is 1.09 bits per heavy atom. The number of hydrogen-bond acceptors (Lipinski definition) is 5. The van der Waals surface area contributed by atoms with Gasteiger partial charge in [-0.1, -0.05) is 29.8 Å². The molecule has 2 fully saturated rings. The Hall–Kier alpha value is -2.13. The highest BCUT2D eigenvalue weighted by molar-refractivity contribution is 7.89. The van der Waals surface area contributed by atoms with E-state index in [1.54, 1.807) is 42.5 Å². The number of ether oxygens (including phenoxy) is 2. The third-order valence-electron chi connectivity index (χ3n) is 6.32. The summed E-state index contributed by atoms with van der Waals surface area (Å²) in [4.78, 5) is 15.3. The standard InChI is InChI=1S/C25H31ClN2O5S/c1-20-7-5-10-23(15-20)34(30,31)28-13-14-33-25(18-28,17-24(29)27-11-3-2-4-12-27)19-32-22-9-6-8-21(26)16-22/h5-10,15-16H,2-4,11-14,17-19H2,1H3/t25-/m1/s1. The van der Waals surface area contributed by atoms with Crippen molar-refractivity contribution in [2.24, 2.45) is 0 Å². The number of aryl methyl sites for hydroxylation is 1. The summed E-state index contributed by atoms with van der Waals surface area (Å²) in [5, 5.41) is 0.532. The van der Waals surface area contributed by atoms with Gasteiger partial charge >= 0.3 is 0 Å². The number of piperidine rings is 1. The van der Waals surface area contributed by atoms with Gasteiger partial charge in [0.1, 0.15) is 18.0 Å². The van der Waals surface area contributed by atoms with Gasteiger partial charge in [-0.05, 0) is 62.1 Å². The van der Waals surface area contributed by atoms with Crippen LogP contribution in [0.1, 0.15) is 31.2 Å². The van der Waals surface area contributed by atoms with E-state index < -0.39 is 15.6 Å². The minimum atomic E-state index is -3.75. The molecule has 2 saturated heterocycles. The summed E-state index contributed by atoms with van der Waals surface area (Å²) < 4.78 is 40.5. The SMILES string of the molecule is Cc1cccc(S(=O)(=O)N2CCO[C@](COc3cccc(Cl)c3)(CC(=O)N3CCCCC3)C2)c1. The van der Waals surface area contributed by atoms with E-state index in [4.69, 9.17) is 21.1 Å². The molecule has 0 aliphatic carbocycles. The fraction of sp³-hybridized carbons (Fsp3) is 0.480. The number of carbonyl (C=O) groups excluding carboxylic acids is 1. The summed E-state index contributed by atoms with van der Waals surface area (Å²) in [6, 6.07) is 13.8. The molecule has 0 N–H and O–H groups in total. The minimum Gasteiger partial charge on any atom is -0.490 e. The van der Waals surface area contributed by atoms with E-state index in [-0.39, 0.29) is 43.5 Å². The predicted octanol–water partition coefficient (Wildman–Crippen LogP) is 3.89. The van der Waals surface area contributed by atoms with Gasteiger partial charge in [-0.15, -0.1) is 0 Å². The second-order valence-electron chi connectivity index (χ2n) is 9.05. The topological polar surface area (TPSA) is 76.1 Å². The van der Waals surface area contributed by atoms with E-state index in [1.807, 2.05) is 17.9 Å². The molecule has 0 aromatic heterocycles. The minimum absolute atomic E-state index is 0.0312. The fourth-order valence-corrected chi connectivity index (χ4v) is 6.27. The molecule has 4 rings (SSSR count). The van der Waals surface area contributed by atoms with Gasteiger partial charge in [0, 0.05) is 31.2 Å². The second-order valence-corrected chi connectivity index (χ2v) is 11.4. The molecule has 9 heteroatoms. The number of nitrogens with zero attached hydrogens (tertiary/aromatic N) is 2. The molecule has 2 aliphatic rings. The van der Waals surface area contributed by atoms with Crippen LogP contribution in [-0.4, -0.2) is 68.5 Å². The number of likely N-dealkylation sites (tertiary alicyclic amines) is 1. The number of morpholine rings is 1. The second kappa shape index (κ2) is 10.6. The lowest BCUT2D eigenvalue weighted by molar-refractivity contribution is -0.151. The van der Waals surface area contributed by atoms with E-state index in [2.05, 4.69) is 0 Å². The lowest BCUT2D eigenvalue weighted by Crippen LogP contribution is -2.58. The van der Waals surface area contributed by atoms with Gasteiger partial charge < -0.3 is 14.4 Å². The molecule has 1 atom stereocenters. The zero-order valence-electron chi connectivity index (χ0n) is 19.4. The Labute approximate surface area is 206 Å². The third-order valence-corrected chi connectivity index (χ3v) is 8.40. The summed E-state index contributed by atoms with van der Waals surface area (Å²) in [5.74, 6) is 0.503. The lowest BCUT2D eigenvalue weighted by Gasteiger charge is -2.42. The maximum atomic E-state index is 13.5. The molecule has 2 aliphatic heterocycles. The first-order valence-corrected chi connectivity index (χ1v) is 13.5. The zero-order chi connectivity index (χ0) is 24.2. The quantitative estimate of drug-likeness (QED) is 0.569. The first-order valence-electron chi connectivity index (χ1n) is 11.6. The van der Waals surface area contributed by atoms with Gasteiger partial charge in [0.05, 0.1) is 17.9 Å². The molecule has 7 nitrogen and oxygen atoms in total. The van der Waals surface area contributed by atoms with E-state index in [1.165, 1.54) is 4.31 Å². The summed E-state index contributed by atoms with van der Waals surface area (Å²) >= 11 is 6.09. The van der Waals surface area contributed by atoms with E-state index >= 15 is 0 Å². The van der Waals surface area contributed by atoms with Crippen LogP contribution in [0, 0.1) is 6.92 Å². The van der Waals surface area contributed by atoms with Gasteiger partial charge in [0.2, 0.25) is 15.9 Å². The number of hydrogen-bond donors (Lipinski definition) is 0. The number of rotatable bonds is 7. The summed E-state index contributed by atoms with van der Waals surface area (Å²) in [5.41, 5.74) is -0.239. The molecule has 0 radical (unpaired) electrons. The first-order chi connectivity index (χ1) is 16.3. The van der Waals surface area contributed by atoms with Crippen LogP contribution in [0.3, 0.4) is 0 Å². The van der Waals surface area contributed by atoms with Gasteiger partial charge in [0.25, 0.3) is 0 Å². The van der Waals surface area contributed by atoms with Crippen molar-refractivity contribution in [3.05, 3.63) is 59.1 Å². The van der Waals surface area contributed by atoms with Crippen LogP contribution in [0.15, 0.2) is 53.4 Å². The summed E-state index contributed by atoms with van der Waals surface area (Å²) in [7, 11) is -3.75. The van der Waals surface area contributed by atoms with Crippen LogP contribution in [-0.2, 0) is 19.6 Å². The van der Waals surface area contributed by atoms with Crippen LogP contribution in [0.2, 0.25) is 5.02 Å². The van der Waals surface area contributed by atoms with Crippen molar-refractivity contribution in [1.29, 1.82) is 0 Å². The van der Waals surface area contributed by atoms with Crippen molar-refractivity contribution < 1.29 is 22.7 Å². The molecule has 0 bridgehead atoms. The van der Waals surface area contributed by atoms with E-state index in [0.29, 0.717) is 10.8 Å².